The van der Waals surface area contributed by atoms with Crippen LogP contribution >= 0.6 is 11.6 Å². The van der Waals surface area contributed by atoms with Crippen LogP contribution in [0.15, 0.2) is 0 Å². The van der Waals surface area contributed by atoms with Gasteiger partial charge in [-0.05, 0) is 19.5 Å². The third-order valence-corrected chi connectivity index (χ3v) is 4.08. The standard InChI is InChI=1S/C14H28ClNO/c1-4-7-8-9-10-11-12(15)13-14(17-13)16(5-2)6-3/h12-14H,4-11H2,1-3H3. The molecular formula is C14H28ClNO. The molecule has 1 heterocycles. The van der Waals surface area contributed by atoms with E-state index in [-0.39, 0.29) is 11.5 Å². The van der Waals surface area contributed by atoms with E-state index >= 15 is 0 Å². The molecule has 1 saturated heterocycles. The number of rotatable bonds is 10. The number of halogens is 1. The first kappa shape index (κ1) is 15.3. The van der Waals surface area contributed by atoms with Crippen molar-refractivity contribution in [3.8, 4) is 0 Å². The van der Waals surface area contributed by atoms with Crippen LogP contribution in [0.2, 0.25) is 0 Å². The van der Waals surface area contributed by atoms with Crippen LogP contribution in [0.3, 0.4) is 0 Å². The third-order valence-electron chi connectivity index (χ3n) is 3.61. The Morgan fingerprint density at radius 3 is 2.29 bits per heavy atom. The Balaban J connectivity index is 2.07. The number of hydrogen-bond donors (Lipinski definition) is 0. The maximum atomic E-state index is 6.39. The van der Waals surface area contributed by atoms with Gasteiger partial charge in [0.25, 0.3) is 0 Å². The number of nitrogens with zero attached hydrogens (tertiary/aromatic N) is 1. The Kier molecular flexibility index (Phi) is 7.49. The molecule has 0 amide bonds. The Morgan fingerprint density at radius 1 is 1.06 bits per heavy atom. The fourth-order valence-electron chi connectivity index (χ4n) is 2.36. The molecule has 0 saturated carbocycles. The molecule has 1 rings (SSSR count). The summed E-state index contributed by atoms with van der Waals surface area (Å²) in [7, 11) is 0. The van der Waals surface area contributed by atoms with Gasteiger partial charge >= 0.3 is 0 Å². The van der Waals surface area contributed by atoms with Crippen LogP contribution in [0, 0.1) is 0 Å². The number of epoxide rings is 1. The van der Waals surface area contributed by atoms with Crippen LogP contribution in [0.5, 0.6) is 0 Å². The minimum Gasteiger partial charge on any atom is -0.351 e. The van der Waals surface area contributed by atoms with Gasteiger partial charge in [-0.25, -0.2) is 0 Å². The molecule has 0 aromatic rings. The largest absolute Gasteiger partial charge is 0.351 e. The summed E-state index contributed by atoms with van der Waals surface area (Å²) in [4.78, 5) is 2.34. The van der Waals surface area contributed by atoms with Crippen molar-refractivity contribution >= 4 is 11.6 Å². The van der Waals surface area contributed by atoms with Crippen molar-refractivity contribution in [1.82, 2.24) is 4.90 Å². The van der Waals surface area contributed by atoms with Crippen LogP contribution in [-0.2, 0) is 4.74 Å². The van der Waals surface area contributed by atoms with Gasteiger partial charge in [-0.3, -0.25) is 4.90 Å². The lowest BCUT2D eigenvalue weighted by molar-refractivity contribution is 0.191. The van der Waals surface area contributed by atoms with Gasteiger partial charge in [0.05, 0.1) is 5.38 Å². The Labute approximate surface area is 112 Å². The molecule has 1 aliphatic heterocycles. The van der Waals surface area contributed by atoms with E-state index in [0.717, 1.165) is 19.5 Å². The molecule has 17 heavy (non-hydrogen) atoms. The van der Waals surface area contributed by atoms with Crippen LogP contribution in [0.1, 0.15) is 59.3 Å². The first-order valence-electron chi connectivity index (χ1n) is 7.28. The molecule has 0 aromatic heterocycles. The van der Waals surface area contributed by atoms with E-state index in [4.69, 9.17) is 16.3 Å². The van der Waals surface area contributed by atoms with E-state index in [1.165, 1.54) is 32.1 Å². The summed E-state index contributed by atoms with van der Waals surface area (Å²) in [6, 6.07) is 0. The molecule has 3 heteroatoms. The molecule has 2 nitrogen and oxygen atoms in total. The van der Waals surface area contributed by atoms with Gasteiger partial charge < -0.3 is 4.74 Å². The van der Waals surface area contributed by atoms with E-state index in [1.807, 2.05) is 0 Å². The van der Waals surface area contributed by atoms with Gasteiger partial charge in [0.1, 0.15) is 12.3 Å². The van der Waals surface area contributed by atoms with Crippen molar-refractivity contribution in [2.75, 3.05) is 13.1 Å². The van der Waals surface area contributed by atoms with Crippen molar-refractivity contribution in [3.63, 3.8) is 0 Å². The third kappa shape index (κ3) is 5.15. The summed E-state index contributed by atoms with van der Waals surface area (Å²) < 4.78 is 5.69. The quantitative estimate of drug-likeness (QED) is 0.335. The van der Waals surface area contributed by atoms with Gasteiger partial charge in [0.15, 0.2) is 0 Å². The van der Waals surface area contributed by atoms with Crippen molar-refractivity contribution in [2.45, 2.75) is 77.0 Å². The topological polar surface area (TPSA) is 15.8 Å². The van der Waals surface area contributed by atoms with Gasteiger partial charge in [0, 0.05) is 0 Å². The molecule has 3 unspecified atom stereocenters. The van der Waals surface area contributed by atoms with Gasteiger partial charge in [-0.2, -0.15) is 0 Å². The monoisotopic (exact) mass is 261 g/mol. The summed E-state index contributed by atoms with van der Waals surface area (Å²) in [5, 5.41) is 0.210. The average molecular weight is 262 g/mol. The highest BCUT2D eigenvalue weighted by molar-refractivity contribution is 6.21. The summed E-state index contributed by atoms with van der Waals surface area (Å²) in [6.07, 6.45) is 8.26. The molecule has 0 aromatic carbocycles. The predicted molar refractivity (Wildman–Crippen MR) is 74.6 cm³/mol. The molecule has 0 spiro atoms. The van der Waals surface area contributed by atoms with E-state index < -0.39 is 0 Å². The van der Waals surface area contributed by atoms with Gasteiger partial charge in [0.2, 0.25) is 0 Å². The zero-order valence-electron chi connectivity index (χ0n) is 11.6. The van der Waals surface area contributed by atoms with E-state index in [9.17, 15) is 0 Å². The Bertz CT molecular complexity index is 197. The van der Waals surface area contributed by atoms with Gasteiger partial charge in [-0.1, -0.05) is 52.9 Å². The first-order valence-corrected chi connectivity index (χ1v) is 7.71. The average Bonchev–Trinajstić information content (AvgIpc) is 3.11. The molecule has 0 bridgehead atoms. The smallest absolute Gasteiger partial charge is 0.139 e. The molecule has 102 valence electrons. The minimum atomic E-state index is 0.210. The fourth-order valence-corrected chi connectivity index (χ4v) is 2.70. The SMILES string of the molecule is CCCCCCCC(Cl)C1OC1N(CC)CC. The number of likely N-dealkylation sites (N-methyl/N-ethyl adjacent to an activating group) is 1. The molecule has 1 aliphatic rings. The normalized spacial score (nSPS) is 25.2. The summed E-state index contributed by atoms with van der Waals surface area (Å²) >= 11 is 6.39. The molecule has 1 fully saturated rings. The second-order valence-corrected chi connectivity index (χ2v) is 5.49. The van der Waals surface area contributed by atoms with Crippen LogP contribution in [-0.4, -0.2) is 35.7 Å². The van der Waals surface area contributed by atoms with Crippen molar-refractivity contribution < 1.29 is 4.74 Å². The molecule has 0 N–H and O–H groups in total. The first-order chi connectivity index (χ1) is 8.24. The fraction of sp³-hybridized carbons (Fsp3) is 1.00. The van der Waals surface area contributed by atoms with Crippen molar-refractivity contribution in [3.05, 3.63) is 0 Å². The number of alkyl halides is 1. The number of unbranched alkanes of at least 4 members (excludes halogenated alkanes) is 4. The highest BCUT2D eigenvalue weighted by Crippen LogP contribution is 2.33. The highest BCUT2D eigenvalue weighted by Gasteiger charge is 2.46. The Hall–Kier alpha value is 0.210. The molecule has 0 radical (unpaired) electrons. The van der Waals surface area contributed by atoms with Crippen molar-refractivity contribution in [1.29, 1.82) is 0 Å². The van der Waals surface area contributed by atoms with Crippen LogP contribution in [0.4, 0.5) is 0 Å². The van der Waals surface area contributed by atoms with Crippen LogP contribution < -0.4 is 0 Å². The lowest BCUT2D eigenvalue weighted by Crippen LogP contribution is -2.29. The summed E-state index contributed by atoms with van der Waals surface area (Å²) in [6.45, 7) is 8.71. The molecule has 0 aliphatic carbocycles. The van der Waals surface area contributed by atoms with Gasteiger partial charge in [-0.15, -0.1) is 11.6 Å². The highest BCUT2D eigenvalue weighted by atomic mass is 35.5. The predicted octanol–water partition coefficient (Wildman–Crippen LogP) is 4.02. The lowest BCUT2D eigenvalue weighted by atomic mass is 10.1. The van der Waals surface area contributed by atoms with E-state index in [1.54, 1.807) is 0 Å². The molecule has 3 atom stereocenters. The summed E-state index contributed by atoms with van der Waals surface area (Å²) in [5.74, 6) is 0. The summed E-state index contributed by atoms with van der Waals surface area (Å²) in [5.41, 5.74) is 0. The Morgan fingerprint density at radius 2 is 1.71 bits per heavy atom. The number of ether oxygens (including phenoxy) is 1. The molecular weight excluding hydrogens is 234 g/mol. The maximum Gasteiger partial charge on any atom is 0.139 e. The second kappa shape index (κ2) is 8.34. The second-order valence-electron chi connectivity index (χ2n) is 4.93. The zero-order valence-corrected chi connectivity index (χ0v) is 12.4. The van der Waals surface area contributed by atoms with E-state index in [2.05, 4.69) is 25.7 Å². The maximum absolute atomic E-state index is 6.39. The van der Waals surface area contributed by atoms with E-state index in [0.29, 0.717) is 6.23 Å². The van der Waals surface area contributed by atoms with Crippen LogP contribution in [0.25, 0.3) is 0 Å². The minimum absolute atomic E-state index is 0.210. The number of hydrogen-bond acceptors (Lipinski definition) is 2. The lowest BCUT2D eigenvalue weighted by Gasteiger charge is -2.15. The zero-order chi connectivity index (χ0) is 12.7. The van der Waals surface area contributed by atoms with Crippen molar-refractivity contribution in [2.24, 2.45) is 0 Å².